The van der Waals surface area contributed by atoms with Crippen molar-refractivity contribution in [3.05, 3.63) is 35.9 Å². The fraction of sp³-hybridized carbons (Fsp3) is 0.467. The first-order valence-corrected chi connectivity index (χ1v) is 6.19. The van der Waals surface area contributed by atoms with Crippen LogP contribution in [0.2, 0.25) is 0 Å². The van der Waals surface area contributed by atoms with Crippen LogP contribution in [0.25, 0.3) is 0 Å². The van der Waals surface area contributed by atoms with Gasteiger partial charge in [-0.2, -0.15) is 0 Å². The predicted octanol–water partition coefficient (Wildman–Crippen LogP) is 3.33. The maximum absolute atomic E-state index is 5.36. The Kier molecular flexibility index (Phi) is 4.93. The lowest BCUT2D eigenvalue weighted by molar-refractivity contribution is -0.0117. The molecule has 2 nitrogen and oxygen atoms in total. The van der Waals surface area contributed by atoms with E-state index < -0.39 is 0 Å². The molecule has 1 fully saturated rings. The third-order valence-corrected chi connectivity index (χ3v) is 2.94. The van der Waals surface area contributed by atoms with Crippen LogP contribution in [-0.4, -0.2) is 6.79 Å². The van der Waals surface area contributed by atoms with Crippen LogP contribution in [0, 0.1) is 17.9 Å². The fourth-order valence-electron chi connectivity index (χ4n) is 2.00. The lowest BCUT2D eigenvalue weighted by atomic mass is 10.1. The van der Waals surface area contributed by atoms with Crippen LogP contribution >= 0.6 is 0 Å². The second-order valence-electron chi connectivity index (χ2n) is 4.32. The maximum atomic E-state index is 5.36. The van der Waals surface area contributed by atoms with E-state index in [2.05, 4.69) is 12.0 Å². The Balaban J connectivity index is 1.57. The lowest BCUT2D eigenvalue weighted by Crippen LogP contribution is -1.97. The zero-order chi connectivity index (χ0) is 11.8. The highest BCUT2D eigenvalue weighted by Crippen LogP contribution is 2.23. The average Bonchev–Trinajstić information content (AvgIpc) is 2.88. The quantitative estimate of drug-likeness (QED) is 0.449. The first kappa shape index (κ1) is 12.0. The van der Waals surface area contributed by atoms with E-state index in [1.165, 1.54) is 25.7 Å². The van der Waals surface area contributed by atoms with Gasteiger partial charge in [-0.3, -0.25) is 0 Å². The fourth-order valence-corrected chi connectivity index (χ4v) is 2.00. The van der Waals surface area contributed by atoms with Crippen molar-refractivity contribution in [1.82, 2.24) is 0 Å². The van der Waals surface area contributed by atoms with Crippen molar-refractivity contribution in [2.45, 2.75) is 32.3 Å². The summed E-state index contributed by atoms with van der Waals surface area (Å²) < 4.78 is 10.5. The first-order chi connectivity index (χ1) is 8.45. The minimum Gasteiger partial charge on any atom is -0.417 e. The molecule has 90 valence electrons. The molecule has 17 heavy (non-hydrogen) atoms. The maximum Gasteiger partial charge on any atom is 0.199 e. The van der Waals surface area contributed by atoms with E-state index in [9.17, 15) is 0 Å². The van der Waals surface area contributed by atoms with E-state index in [0.717, 1.165) is 5.56 Å². The van der Waals surface area contributed by atoms with Crippen LogP contribution in [0.4, 0.5) is 0 Å². The highest BCUT2D eigenvalue weighted by Gasteiger charge is 2.11. The van der Waals surface area contributed by atoms with Crippen molar-refractivity contribution < 1.29 is 9.47 Å². The molecular weight excluding hydrogens is 212 g/mol. The second-order valence-corrected chi connectivity index (χ2v) is 4.32. The molecule has 1 aliphatic carbocycles. The van der Waals surface area contributed by atoms with E-state index in [0.29, 0.717) is 12.5 Å². The molecule has 2 heteroatoms. The standard InChI is InChI=1S/C15H18O2/c1-2-8-15(9-3-1)12-17-13-16-11-10-14-6-4-5-7-14/h1-3,8-9,14H,4-7,12-13H2. The number of benzene rings is 1. The summed E-state index contributed by atoms with van der Waals surface area (Å²) in [7, 11) is 0. The van der Waals surface area contributed by atoms with Crippen molar-refractivity contribution in [1.29, 1.82) is 0 Å². The van der Waals surface area contributed by atoms with Crippen molar-refractivity contribution in [3.63, 3.8) is 0 Å². The Hall–Kier alpha value is -1.46. The van der Waals surface area contributed by atoms with Gasteiger partial charge in [-0.15, -0.1) is 0 Å². The van der Waals surface area contributed by atoms with Gasteiger partial charge in [0.1, 0.15) is 6.11 Å². The molecule has 0 unspecified atom stereocenters. The van der Waals surface area contributed by atoms with Crippen LogP contribution < -0.4 is 0 Å². The summed E-state index contributed by atoms with van der Waals surface area (Å²) in [6, 6.07) is 10.1. The van der Waals surface area contributed by atoms with Gasteiger partial charge in [-0.1, -0.05) is 49.1 Å². The van der Waals surface area contributed by atoms with E-state index in [-0.39, 0.29) is 6.79 Å². The van der Waals surface area contributed by atoms with Crippen LogP contribution in [-0.2, 0) is 16.1 Å². The Labute approximate surface area is 103 Å². The van der Waals surface area contributed by atoms with Crippen LogP contribution in [0.1, 0.15) is 31.2 Å². The first-order valence-electron chi connectivity index (χ1n) is 6.19. The number of ether oxygens (including phenoxy) is 2. The Morgan fingerprint density at radius 1 is 1.12 bits per heavy atom. The van der Waals surface area contributed by atoms with Crippen LogP contribution in [0.15, 0.2) is 30.3 Å². The van der Waals surface area contributed by atoms with Crippen LogP contribution in [0.5, 0.6) is 0 Å². The van der Waals surface area contributed by atoms with E-state index in [1.807, 2.05) is 30.3 Å². The third-order valence-electron chi connectivity index (χ3n) is 2.94. The number of hydrogen-bond acceptors (Lipinski definition) is 2. The predicted molar refractivity (Wildman–Crippen MR) is 66.9 cm³/mol. The summed E-state index contributed by atoms with van der Waals surface area (Å²) >= 11 is 0. The molecule has 0 atom stereocenters. The highest BCUT2D eigenvalue weighted by molar-refractivity contribution is 5.13. The van der Waals surface area contributed by atoms with Gasteiger partial charge in [0.15, 0.2) is 6.79 Å². The van der Waals surface area contributed by atoms with Gasteiger partial charge in [-0.25, -0.2) is 0 Å². The molecule has 1 aromatic rings. The minimum atomic E-state index is 0.245. The molecule has 1 saturated carbocycles. The topological polar surface area (TPSA) is 18.5 Å². The largest absolute Gasteiger partial charge is 0.417 e. The monoisotopic (exact) mass is 230 g/mol. The highest BCUT2D eigenvalue weighted by atomic mass is 16.7. The van der Waals surface area contributed by atoms with Crippen molar-refractivity contribution in [2.24, 2.45) is 5.92 Å². The molecular formula is C15H18O2. The summed E-state index contributed by atoms with van der Waals surface area (Å²) in [5.41, 5.74) is 1.15. The minimum absolute atomic E-state index is 0.245. The van der Waals surface area contributed by atoms with Gasteiger partial charge in [0, 0.05) is 5.92 Å². The van der Waals surface area contributed by atoms with E-state index in [1.54, 1.807) is 0 Å². The summed E-state index contributed by atoms with van der Waals surface area (Å²) in [6.45, 7) is 0.820. The number of hydrogen-bond donors (Lipinski definition) is 0. The molecule has 0 heterocycles. The van der Waals surface area contributed by atoms with Crippen molar-refractivity contribution in [2.75, 3.05) is 6.79 Å². The summed E-state index contributed by atoms with van der Waals surface area (Å²) in [5, 5.41) is 0. The molecule has 1 aromatic carbocycles. The lowest BCUT2D eigenvalue weighted by Gasteiger charge is -2.02. The van der Waals surface area contributed by atoms with Crippen LogP contribution in [0.3, 0.4) is 0 Å². The van der Waals surface area contributed by atoms with Gasteiger partial charge in [0.2, 0.25) is 0 Å². The molecule has 0 spiro atoms. The average molecular weight is 230 g/mol. The Morgan fingerprint density at radius 2 is 1.88 bits per heavy atom. The van der Waals surface area contributed by atoms with Gasteiger partial charge in [-0.05, 0) is 18.4 Å². The summed E-state index contributed by atoms with van der Waals surface area (Å²) in [4.78, 5) is 0. The van der Waals surface area contributed by atoms with Gasteiger partial charge in [0.25, 0.3) is 0 Å². The van der Waals surface area contributed by atoms with E-state index >= 15 is 0 Å². The Bertz CT molecular complexity index is 369. The smallest absolute Gasteiger partial charge is 0.199 e. The summed E-state index contributed by atoms with van der Waals surface area (Å²) in [6.07, 6.45) is 7.80. The van der Waals surface area contributed by atoms with Gasteiger partial charge in [0.05, 0.1) is 6.61 Å². The SMILES string of the molecule is C(#CC1CCCC1)OCOCc1ccccc1. The molecule has 0 saturated heterocycles. The molecule has 0 bridgehead atoms. The second kappa shape index (κ2) is 6.98. The van der Waals surface area contributed by atoms with Gasteiger partial charge >= 0.3 is 0 Å². The zero-order valence-electron chi connectivity index (χ0n) is 10.0. The van der Waals surface area contributed by atoms with Crippen molar-refractivity contribution >= 4 is 0 Å². The van der Waals surface area contributed by atoms with E-state index in [4.69, 9.17) is 9.47 Å². The third kappa shape index (κ3) is 4.50. The molecule has 0 aliphatic heterocycles. The molecule has 0 amide bonds. The molecule has 2 rings (SSSR count). The molecule has 1 aliphatic rings. The molecule has 0 N–H and O–H groups in total. The van der Waals surface area contributed by atoms with Crippen molar-refractivity contribution in [3.8, 4) is 12.0 Å². The molecule has 0 aromatic heterocycles. The normalized spacial score (nSPS) is 15.3. The Morgan fingerprint density at radius 3 is 2.65 bits per heavy atom. The summed E-state index contributed by atoms with van der Waals surface area (Å²) in [5.74, 6) is 3.67. The molecule has 0 radical (unpaired) electrons. The zero-order valence-corrected chi connectivity index (χ0v) is 10.0. The van der Waals surface area contributed by atoms with Gasteiger partial charge < -0.3 is 9.47 Å². The number of rotatable bonds is 4.